The van der Waals surface area contributed by atoms with Crippen molar-refractivity contribution >= 4 is 11.9 Å². The minimum absolute atomic E-state index is 0.0733. The van der Waals surface area contributed by atoms with Crippen LogP contribution in [0.15, 0.2) is 16.6 Å². The van der Waals surface area contributed by atoms with E-state index in [1.807, 2.05) is 13.8 Å². The summed E-state index contributed by atoms with van der Waals surface area (Å²) < 4.78 is 6.38. The Hall–Kier alpha value is -1.74. The normalized spacial score (nSPS) is 28.6. The maximum Gasteiger partial charge on any atom is 0.351 e. The van der Waals surface area contributed by atoms with Gasteiger partial charge in [0.25, 0.3) is 0 Å². The summed E-state index contributed by atoms with van der Waals surface area (Å²) in [6.45, 7) is 3.26. The Morgan fingerprint density at radius 3 is 2.67 bits per heavy atom. The van der Waals surface area contributed by atoms with Crippen LogP contribution in [0, 0.1) is 0 Å². The van der Waals surface area contributed by atoms with Crippen molar-refractivity contribution < 1.29 is 20.1 Å². The lowest BCUT2D eigenvalue weighted by molar-refractivity contribution is -0.0549. The number of aliphatic hydroxyl groups excluding tert-OH is 3. The number of nitrogens with zero attached hydrogens (tertiary/aromatic N) is 2. The van der Waals surface area contributed by atoms with E-state index in [1.54, 1.807) is 6.08 Å². The van der Waals surface area contributed by atoms with Crippen molar-refractivity contribution in [3.63, 3.8) is 0 Å². The van der Waals surface area contributed by atoms with E-state index >= 15 is 0 Å². The van der Waals surface area contributed by atoms with Gasteiger partial charge in [-0.3, -0.25) is 4.57 Å². The number of ether oxygens (including phenoxy) is 1. The second kappa shape index (κ2) is 5.94. The lowest BCUT2D eigenvalue weighted by atomic mass is 10.1. The second-order valence-corrected chi connectivity index (χ2v) is 5.22. The predicted octanol–water partition coefficient (Wildman–Crippen LogP) is -1.14. The van der Waals surface area contributed by atoms with Gasteiger partial charge in [-0.05, 0) is 13.8 Å². The SMILES string of the molecule is CC(C)=Cc1cn([C@@H]2O[C@H](CO)[C@@H](O)[C@H]2O)c(=O)nc1N. The number of hydrogen-bond donors (Lipinski definition) is 4. The molecule has 0 bridgehead atoms. The van der Waals surface area contributed by atoms with E-state index in [-0.39, 0.29) is 5.82 Å². The van der Waals surface area contributed by atoms with Crippen molar-refractivity contribution in [2.75, 3.05) is 12.3 Å². The summed E-state index contributed by atoms with van der Waals surface area (Å²) in [4.78, 5) is 15.6. The highest BCUT2D eigenvalue weighted by atomic mass is 16.6. The van der Waals surface area contributed by atoms with E-state index in [4.69, 9.17) is 15.6 Å². The van der Waals surface area contributed by atoms with Crippen LogP contribution in [0.1, 0.15) is 25.6 Å². The van der Waals surface area contributed by atoms with Crippen molar-refractivity contribution in [3.8, 4) is 0 Å². The molecule has 1 aliphatic rings. The number of aromatic nitrogens is 2. The van der Waals surface area contributed by atoms with Crippen LogP contribution >= 0.6 is 0 Å². The third kappa shape index (κ3) is 2.98. The van der Waals surface area contributed by atoms with Crippen LogP contribution in [0.3, 0.4) is 0 Å². The van der Waals surface area contributed by atoms with Crippen LogP contribution in [0.5, 0.6) is 0 Å². The van der Waals surface area contributed by atoms with Gasteiger partial charge in [0.15, 0.2) is 6.23 Å². The summed E-state index contributed by atoms with van der Waals surface area (Å²) in [5.41, 5.74) is 6.45. The molecule has 21 heavy (non-hydrogen) atoms. The molecule has 5 N–H and O–H groups in total. The average molecular weight is 297 g/mol. The lowest BCUT2D eigenvalue weighted by Gasteiger charge is -2.18. The van der Waals surface area contributed by atoms with Crippen LogP contribution in [0.2, 0.25) is 0 Å². The summed E-state index contributed by atoms with van der Waals surface area (Å²) in [6, 6.07) is 0. The molecule has 0 aliphatic carbocycles. The van der Waals surface area contributed by atoms with E-state index in [1.165, 1.54) is 6.20 Å². The van der Waals surface area contributed by atoms with Gasteiger partial charge in [0.2, 0.25) is 0 Å². The first kappa shape index (κ1) is 15.6. The number of aliphatic hydroxyl groups is 3. The Labute approximate surface area is 121 Å². The highest BCUT2D eigenvalue weighted by Crippen LogP contribution is 2.28. The van der Waals surface area contributed by atoms with Crippen LogP contribution in [-0.2, 0) is 4.74 Å². The summed E-state index contributed by atoms with van der Waals surface area (Å²) in [7, 11) is 0. The van der Waals surface area contributed by atoms with E-state index < -0.39 is 36.8 Å². The first-order valence-electron chi connectivity index (χ1n) is 6.51. The fourth-order valence-electron chi connectivity index (χ4n) is 2.21. The van der Waals surface area contributed by atoms with Crippen molar-refractivity contribution in [1.29, 1.82) is 0 Å². The smallest absolute Gasteiger partial charge is 0.351 e. The number of allylic oxidation sites excluding steroid dienone is 1. The molecule has 1 saturated heterocycles. The fourth-order valence-corrected chi connectivity index (χ4v) is 2.21. The van der Waals surface area contributed by atoms with Crippen LogP contribution in [-0.4, -0.2) is 49.8 Å². The third-order valence-corrected chi connectivity index (χ3v) is 3.25. The molecule has 0 amide bonds. The Morgan fingerprint density at radius 2 is 2.14 bits per heavy atom. The van der Waals surface area contributed by atoms with Gasteiger partial charge in [-0.2, -0.15) is 4.98 Å². The minimum Gasteiger partial charge on any atom is -0.394 e. The highest BCUT2D eigenvalue weighted by Gasteiger charge is 2.43. The molecule has 2 rings (SSSR count). The quantitative estimate of drug-likeness (QED) is 0.554. The van der Waals surface area contributed by atoms with Crippen LogP contribution in [0.4, 0.5) is 5.82 Å². The van der Waals surface area contributed by atoms with Gasteiger partial charge in [-0.25, -0.2) is 4.79 Å². The average Bonchev–Trinajstić information content (AvgIpc) is 2.69. The molecule has 8 heteroatoms. The summed E-state index contributed by atoms with van der Waals surface area (Å²) in [5, 5.41) is 28.8. The van der Waals surface area contributed by atoms with Crippen molar-refractivity contribution in [3.05, 3.63) is 27.8 Å². The topological polar surface area (TPSA) is 131 Å². The van der Waals surface area contributed by atoms with Gasteiger partial charge in [-0.1, -0.05) is 11.6 Å². The van der Waals surface area contributed by atoms with E-state index in [0.29, 0.717) is 5.56 Å². The molecule has 1 aromatic heterocycles. The molecule has 1 aliphatic heterocycles. The molecule has 1 aromatic rings. The summed E-state index contributed by atoms with van der Waals surface area (Å²) in [5.74, 6) is 0.0733. The molecular weight excluding hydrogens is 278 g/mol. The molecule has 0 unspecified atom stereocenters. The van der Waals surface area contributed by atoms with Crippen LogP contribution < -0.4 is 11.4 Å². The molecule has 0 radical (unpaired) electrons. The lowest BCUT2D eigenvalue weighted by Crippen LogP contribution is -2.36. The number of nitrogen functional groups attached to an aromatic ring is 1. The molecule has 1 fully saturated rings. The number of rotatable bonds is 3. The van der Waals surface area contributed by atoms with Crippen LogP contribution in [0.25, 0.3) is 6.08 Å². The highest BCUT2D eigenvalue weighted by molar-refractivity contribution is 5.61. The molecule has 2 heterocycles. The number of hydrogen-bond acceptors (Lipinski definition) is 7. The first-order chi connectivity index (χ1) is 9.85. The Balaban J connectivity index is 2.45. The molecule has 0 aromatic carbocycles. The molecule has 0 spiro atoms. The Morgan fingerprint density at radius 1 is 1.48 bits per heavy atom. The standard InChI is InChI=1S/C13H19N3O5/c1-6(2)3-7-4-16(13(20)15-11(7)14)12-10(19)9(18)8(5-17)21-12/h3-4,8-10,12,17-19H,5H2,1-2H3,(H2,14,15,20)/t8-,9-,10-,12-/m1/s1. The summed E-state index contributed by atoms with van der Waals surface area (Å²) in [6.07, 6.45) is -1.55. The molecule has 0 saturated carbocycles. The van der Waals surface area contributed by atoms with Gasteiger partial charge in [0, 0.05) is 11.8 Å². The maximum absolute atomic E-state index is 11.9. The van der Waals surface area contributed by atoms with Crippen molar-refractivity contribution in [2.45, 2.75) is 38.4 Å². The predicted molar refractivity (Wildman–Crippen MR) is 75.2 cm³/mol. The van der Waals surface area contributed by atoms with E-state index in [2.05, 4.69) is 4.98 Å². The fraction of sp³-hybridized carbons (Fsp3) is 0.538. The molecule has 8 nitrogen and oxygen atoms in total. The molecular formula is C13H19N3O5. The zero-order chi connectivity index (χ0) is 15.7. The largest absolute Gasteiger partial charge is 0.394 e. The molecule has 116 valence electrons. The van der Waals surface area contributed by atoms with Gasteiger partial charge in [0.05, 0.1) is 6.61 Å². The number of anilines is 1. The summed E-state index contributed by atoms with van der Waals surface area (Å²) >= 11 is 0. The van der Waals surface area contributed by atoms with Gasteiger partial charge in [0.1, 0.15) is 24.1 Å². The maximum atomic E-state index is 11.9. The Kier molecular flexibility index (Phi) is 4.43. The van der Waals surface area contributed by atoms with Crippen molar-refractivity contribution in [1.82, 2.24) is 9.55 Å². The van der Waals surface area contributed by atoms with Crippen molar-refractivity contribution in [2.24, 2.45) is 0 Å². The molecule has 4 atom stereocenters. The zero-order valence-electron chi connectivity index (χ0n) is 11.8. The van der Waals surface area contributed by atoms with Gasteiger partial charge >= 0.3 is 5.69 Å². The monoisotopic (exact) mass is 297 g/mol. The van der Waals surface area contributed by atoms with Gasteiger partial charge < -0.3 is 25.8 Å². The Bertz CT molecular complexity index is 608. The minimum atomic E-state index is -1.34. The number of nitrogens with two attached hydrogens (primary N) is 1. The third-order valence-electron chi connectivity index (χ3n) is 3.25. The first-order valence-corrected chi connectivity index (χ1v) is 6.51. The van der Waals surface area contributed by atoms with E-state index in [0.717, 1.165) is 10.1 Å². The second-order valence-electron chi connectivity index (χ2n) is 5.22. The van der Waals surface area contributed by atoms with E-state index in [9.17, 15) is 15.0 Å². The van der Waals surface area contributed by atoms with Gasteiger partial charge in [-0.15, -0.1) is 0 Å². The zero-order valence-corrected chi connectivity index (χ0v) is 11.8.